The summed E-state index contributed by atoms with van der Waals surface area (Å²) >= 11 is 0. The van der Waals surface area contributed by atoms with Crippen molar-refractivity contribution in [2.45, 2.75) is 0 Å². The van der Waals surface area contributed by atoms with E-state index in [0.29, 0.717) is 0 Å². The van der Waals surface area contributed by atoms with E-state index in [9.17, 15) is 0 Å². The van der Waals surface area contributed by atoms with Gasteiger partial charge < -0.3 is 10.2 Å². The number of nitrogens with one attached hydrogen (secondary N) is 2. The van der Waals surface area contributed by atoms with Gasteiger partial charge >= 0.3 is 0 Å². The zero-order chi connectivity index (χ0) is 15.5. The molecule has 0 bridgehead atoms. The molecule has 3 heterocycles. The number of nitrogens with zero attached hydrogens (tertiary/aromatic N) is 3. The van der Waals surface area contributed by atoms with Gasteiger partial charge in [-0.2, -0.15) is 5.10 Å². The first-order chi connectivity index (χ1) is 11.4. The number of H-pyrrole nitrogens is 1. The van der Waals surface area contributed by atoms with Crippen LogP contribution >= 0.6 is 0 Å². The summed E-state index contributed by atoms with van der Waals surface area (Å²) in [4.78, 5) is 6.49. The predicted octanol–water partition coefficient (Wildman–Crippen LogP) is 2.55. The highest BCUT2D eigenvalue weighted by Crippen LogP contribution is 2.37. The van der Waals surface area contributed by atoms with E-state index in [4.69, 9.17) is 0 Å². The van der Waals surface area contributed by atoms with Gasteiger partial charge in [0, 0.05) is 44.1 Å². The molecule has 0 amide bonds. The zero-order valence-corrected chi connectivity index (χ0v) is 12.9. The van der Waals surface area contributed by atoms with E-state index in [2.05, 4.69) is 49.7 Å². The lowest BCUT2D eigenvalue weighted by Gasteiger charge is -2.28. The van der Waals surface area contributed by atoms with Crippen molar-refractivity contribution < 1.29 is 0 Å². The number of pyridine rings is 1. The topological polar surface area (TPSA) is 56.8 Å². The minimum Gasteiger partial charge on any atom is -0.352 e. The van der Waals surface area contributed by atoms with Gasteiger partial charge in [0.15, 0.2) is 5.82 Å². The molecule has 23 heavy (non-hydrogen) atoms. The van der Waals surface area contributed by atoms with Crippen LogP contribution in [-0.2, 0) is 0 Å². The summed E-state index contributed by atoms with van der Waals surface area (Å²) in [6.07, 6.45) is 3.66. The molecule has 1 saturated heterocycles. The molecule has 116 valence electrons. The first-order valence-corrected chi connectivity index (χ1v) is 7.93. The monoisotopic (exact) mass is 305 g/mol. The Morgan fingerprint density at radius 1 is 0.870 bits per heavy atom. The molecule has 3 aromatic rings. The Morgan fingerprint density at radius 2 is 1.61 bits per heavy atom. The molecular formula is C18H19N5. The summed E-state index contributed by atoms with van der Waals surface area (Å²) in [6, 6.07) is 14.4. The Hall–Kier alpha value is -2.66. The summed E-state index contributed by atoms with van der Waals surface area (Å²) in [5.74, 6) is 1.02. The summed E-state index contributed by atoms with van der Waals surface area (Å²) in [7, 11) is 0. The molecule has 5 nitrogen and oxygen atoms in total. The summed E-state index contributed by atoms with van der Waals surface area (Å²) in [6.45, 7) is 3.92. The molecule has 1 aromatic carbocycles. The van der Waals surface area contributed by atoms with Crippen LogP contribution in [0.15, 0.2) is 54.9 Å². The second-order valence-electron chi connectivity index (χ2n) is 5.64. The van der Waals surface area contributed by atoms with Gasteiger partial charge in [-0.05, 0) is 17.7 Å². The van der Waals surface area contributed by atoms with Crippen LogP contribution in [-0.4, -0.2) is 41.4 Å². The van der Waals surface area contributed by atoms with Crippen LogP contribution < -0.4 is 10.2 Å². The summed E-state index contributed by atoms with van der Waals surface area (Å²) < 4.78 is 0. The average molecular weight is 305 g/mol. The van der Waals surface area contributed by atoms with E-state index < -0.39 is 0 Å². The highest BCUT2D eigenvalue weighted by atomic mass is 15.3. The molecule has 0 spiro atoms. The molecule has 1 aliphatic heterocycles. The number of aromatic amines is 1. The van der Waals surface area contributed by atoms with Gasteiger partial charge in [-0.1, -0.05) is 30.3 Å². The third-order valence-electron chi connectivity index (χ3n) is 4.20. The average Bonchev–Trinajstić information content (AvgIpc) is 3.09. The maximum Gasteiger partial charge on any atom is 0.159 e. The number of aromatic nitrogens is 3. The van der Waals surface area contributed by atoms with Gasteiger partial charge in [-0.15, -0.1) is 0 Å². The SMILES string of the molecule is c1ccc(-c2[nH]nc(N3CCNCC3)c2-c2ccncc2)cc1. The molecule has 5 heteroatoms. The van der Waals surface area contributed by atoms with E-state index in [0.717, 1.165) is 54.4 Å². The Kier molecular flexibility index (Phi) is 3.78. The van der Waals surface area contributed by atoms with E-state index >= 15 is 0 Å². The maximum absolute atomic E-state index is 4.65. The predicted molar refractivity (Wildman–Crippen MR) is 92.3 cm³/mol. The van der Waals surface area contributed by atoms with Crippen molar-refractivity contribution in [3.05, 3.63) is 54.9 Å². The Balaban J connectivity index is 1.85. The lowest BCUT2D eigenvalue weighted by molar-refractivity contribution is 0.585. The number of piperazine rings is 1. The number of rotatable bonds is 3. The van der Waals surface area contributed by atoms with Crippen molar-refractivity contribution in [1.29, 1.82) is 0 Å². The van der Waals surface area contributed by atoms with Crippen LogP contribution in [0.25, 0.3) is 22.4 Å². The van der Waals surface area contributed by atoms with Gasteiger partial charge in [0.25, 0.3) is 0 Å². The molecule has 0 radical (unpaired) electrons. The number of benzene rings is 1. The molecule has 2 aromatic heterocycles. The van der Waals surface area contributed by atoms with Crippen LogP contribution in [0.4, 0.5) is 5.82 Å². The van der Waals surface area contributed by atoms with E-state index in [-0.39, 0.29) is 0 Å². The maximum atomic E-state index is 4.65. The van der Waals surface area contributed by atoms with Crippen LogP contribution in [0.2, 0.25) is 0 Å². The molecular weight excluding hydrogens is 286 g/mol. The second kappa shape index (κ2) is 6.22. The van der Waals surface area contributed by atoms with Gasteiger partial charge in [0.05, 0.1) is 11.3 Å². The van der Waals surface area contributed by atoms with Crippen LogP contribution in [0.3, 0.4) is 0 Å². The number of hydrogen-bond donors (Lipinski definition) is 2. The van der Waals surface area contributed by atoms with Gasteiger partial charge in [0.1, 0.15) is 0 Å². The van der Waals surface area contributed by atoms with Crippen molar-refractivity contribution in [3.63, 3.8) is 0 Å². The normalized spacial score (nSPS) is 14.9. The molecule has 0 saturated carbocycles. The van der Waals surface area contributed by atoms with Crippen molar-refractivity contribution in [3.8, 4) is 22.4 Å². The third kappa shape index (κ3) is 2.71. The molecule has 0 unspecified atom stereocenters. The number of hydrogen-bond acceptors (Lipinski definition) is 4. The molecule has 1 aliphatic rings. The Labute approximate surface area is 135 Å². The van der Waals surface area contributed by atoms with E-state index in [1.807, 2.05) is 30.6 Å². The third-order valence-corrected chi connectivity index (χ3v) is 4.20. The van der Waals surface area contributed by atoms with Crippen molar-refractivity contribution in [1.82, 2.24) is 20.5 Å². The van der Waals surface area contributed by atoms with Crippen LogP contribution in [0.1, 0.15) is 0 Å². The van der Waals surface area contributed by atoms with Gasteiger partial charge in [-0.3, -0.25) is 10.1 Å². The van der Waals surface area contributed by atoms with Crippen LogP contribution in [0, 0.1) is 0 Å². The lowest BCUT2D eigenvalue weighted by Crippen LogP contribution is -2.43. The fourth-order valence-electron chi connectivity index (χ4n) is 3.04. The standard InChI is InChI=1S/C18H19N5/c1-2-4-15(5-3-1)17-16(14-6-8-19-9-7-14)18(22-21-17)23-12-10-20-11-13-23/h1-9,20H,10-13H2,(H,21,22). The second-order valence-corrected chi connectivity index (χ2v) is 5.64. The highest BCUT2D eigenvalue weighted by molar-refractivity contribution is 5.88. The van der Waals surface area contributed by atoms with Gasteiger partial charge in [-0.25, -0.2) is 0 Å². The minimum atomic E-state index is 0.969. The minimum absolute atomic E-state index is 0.969. The van der Waals surface area contributed by atoms with Crippen LogP contribution in [0.5, 0.6) is 0 Å². The van der Waals surface area contributed by atoms with E-state index in [1.54, 1.807) is 0 Å². The van der Waals surface area contributed by atoms with Crippen molar-refractivity contribution >= 4 is 5.82 Å². The molecule has 2 N–H and O–H groups in total. The lowest BCUT2D eigenvalue weighted by atomic mass is 10.0. The quantitative estimate of drug-likeness (QED) is 0.781. The fourth-order valence-corrected chi connectivity index (χ4v) is 3.04. The summed E-state index contributed by atoms with van der Waals surface area (Å²) in [5.41, 5.74) is 4.50. The molecule has 1 fully saturated rings. The smallest absolute Gasteiger partial charge is 0.159 e. The largest absolute Gasteiger partial charge is 0.352 e. The molecule has 0 aliphatic carbocycles. The first kappa shape index (κ1) is 14.0. The number of anilines is 1. The van der Waals surface area contributed by atoms with Gasteiger partial charge in [0.2, 0.25) is 0 Å². The summed E-state index contributed by atoms with van der Waals surface area (Å²) in [5, 5.41) is 11.3. The highest BCUT2D eigenvalue weighted by Gasteiger charge is 2.22. The van der Waals surface area contributed by atoms with Crippen molar-refractivity contribution in [2.75, 3.05) is 31.1 Å². The molecule has 4 rings (SSSR count). The van der Waals surface area contributed by atoms with Crippen molar-refractivity contribution in [2.24, 2.45) is 0 Å². The zero-order valence-electron chi connectivity index (χ0n) is 12.9. The first-order valence-electron chi connectivity index (χ1n) is 7.93. The Morgan fingerprint density at radius 3 is 2.35 bits per heavy atom. The fraction of sp³-hybridized carbons (Fsp3) is 0.222. The molecule has 0 atom stereocenters. The Bertz CT molecular complexity index is 761. The van der Waals surface area contributed by atoms with E-state index in [1.165, 1.54) is 0 Å².